The molecule has 3 aromatic rings. The van der Waals surface area contributed by atoms with Crippen LogP contribution in [0.3, 0.4) is 0 Å². The van der Waals surface area contributed by atoms with Crippen LogP contribution in [-0.2, 0) is 16.6 Å². The third-order valence-corrected chi connectivity index (χ3v) is 4.35. The van der Waals surface area contributed by atoms with Crippen LogP contribution in [0.5, 0.6) is 0 Å². The predicted molar refractivity (Wildman–Crippen MR) is 86.3 cm³/mol. The van der Waals surface area contributed by atoms with E-state index in [1.807, 2.05) is 30.3 Å². The Morgan fingerprint density at radius 2 is 1.70 bits per heavy atom. The average Bonchev–Trinajstić information content (AvgIpc) is 2.99. The van der Waals surface area contributed by atoms with Crippen molar-refractivity contribution in [3.63, 3.8) is 0 Å². The summed E-state index contributed by atoms with van der Waals surface area (Å²) >= 11 is 0. The maximum absolute atomic E-state index is 11.8. The summed E-state index contributed by atoms with van der Waals surface area (Å²) < 4.78 is 25.2. The number of aromatic nitrogens is 2. The predicted octanol–water partition coefficient (Wildman–Crippen LogP) is 1.68. The quantitative estimate of drug-likeness (QED) is 0.761. The molecule has 0 bridgehead atoms. The van der Waals surface area contributed by atoms with Crippen LogP contribution >= 0.6 is 0 Å². The topological polar surface area (TPSA) is 98.2 Å². The molecule has 0 aliphatic carbocycles. The molecule has 3 N–H and O–H groups in total. The Hall–Kier alpha value is -2.48. The van der Waals surface area contributed by atoms with Crippen molar-refractivity contribution in [2.45, 2.75) is 11.5 Å². The summed E-state index contributed by atoms with van der Waals surface area (Å²) in [5.74, 6) is 0. The molecule has 0 aliphatic rings. The standard InChI is InChI=1S/C16H15N3O3S/c17-23(21,22)16-9-5-4-8-14(16)19-15(10-13(11-20)18-19)12-6-2-1-3-7-12/h1-10,20H,11H2,(H2,17,21,22). The maximum atomic E-state index is 11.8. The second-order valence-corrected chi connectivity index (χ2v) is 6.50. The van der Waals surface area contributed by atoms with Gasteiger partial charge < -0.3 is 5.11 Å². The number of aliphatic hydroxyl groups excluding tert-OH is 1. The molecule has 118 valence electrons. The minimum atomic E-state index is -3.90. The van der Waals surface area contributed by atoms with Crippen LogP contribution in [0, 0.1) is 0 Å². The molecule has 0 saturated carbocycles. The Kier molecular flexibility index (Phi) is 3.99. The fourth-order valence-corrected chi connectivity index (χ4v) is 3.09. The molecule has 7 heteroatoms. The fourth-order valence-electron chi connectivity index (χ4n) is 2.38. The minimum Gasteiger partial charge on any atom is -0.390 e. The lowest BCUT2D eigenvalue weighted by atomic mass is 10.1. The zero-order valence-corrected chi connectivity index (χ0v) is 12.9. The lowest BCUT2D eigenvalue weighted by Crippen LogP contribution is -2.16. The van der Waals surface area contributed by atoms with Crippen molar-refractivity contribution in [2.24, 2.45) is 5.14 Å². The number of sulfonamides is 1. The Balaban J connectivity index is 2.28. The van der Waals surface area contributed by atoms with Gasteiger partial charge in [0.05, 0.1) is 23.7 Å². The zero-order valence-electron chi connectivity index (χ0n) is 12.1. The molecule has 0 radical (unpaired) electrons. The average molecular weight is 329 g/mol. The third-order valence-electron chi connectivity index (χ3n) is 3.39. The van der Waals surface area contributed by atoms with Gasteiger partial charge in [-0.25, -0.2) is 18.2 Å². The van der Waals surface area contributed by atoms with Gasteiger partial charge in [-0.05, 0) is 18.2 Å². The Bertz CT molecular complexity index is 934. The highest BCUT2D eigenvalue weighted by molar-refractivity contribution is 7.89. The fraction of sp³-hybridized carbons (Fsp3) is 0.0625. The largest absolute Gasteiger partial charge is 0.390 e. The summed E-state index contributed by atoms with van der Waals surface area (Å²) in [5, 5.41) is 19.0. The number of hydrogen-bond donors (Lipinski definition) is 2. The van der Waals surface area contributed by atoms with Crippen molar-refractivity contribution in [1.29, 1.82) is 0 Å². The van der Waals surface area contributed by atoms with Crippen molar-refractivity contribution < 1.29 is 13.5 Å². The van der Waals surface area contributed by atoms with E-state index in [4.69, 9.17) is 5.14 Å². The van der Waals surface area contributed by atoms with Gasteiger partial charge in [-0.15, -0.1) is 0 Å². The van der Waals surface area contributed by atoms with Crippen molar-refractivity contribution in [3.8, 4) is 16.9 Å². The molecule has 2 aromatic carbocycles. The molecule has 0 amide bonds. The SMILES string of the molecule is NS(=O)(=O)c1ccccc1-n1nc(CO)cc1-c1ccccc1. The van der Waals surface area contributed by atoms with Crippen molar-refractivity contribution in [3.05, 3.63) is 66.4 Å². The van der Waals surface area contributed by atoms with Crippen LogP contribution in [-0.4, -0.2) is 23.3 Å². The van der Waals surface area contributed by atoms with Gasteiger partial charge in [0.1, 0.15) is 4.90 Å². The third kappa shape index (κ3) is 3.02. The number of hydrogen-bond acceptors (Lipinski definition) is 4. The number of primary sulfonamides is 1. The molecule has 6 nitrogen and oxygen atoms in total. The monoisotopic (exact) mass is 329 g/mol. The number of aliphatic hydroxyl groups is 1. The lowest BCUT2D eigenvalue weighted by molar-refractivity contribution is 0.276. The smallest absolute Gasteiger partial charge is 0.240 e. The van der Waals surface area contributed by atoms with E-state index in [-0.39, 0.29) is 11.5 Å². The molecule has 0 aliphatic heterocycles. The van der Waals surface area contributed by atoms with Gasteiger partial charge in [0.15, 0.2) is 0 Å². The Labute approximate surface area is 133 Å². The molecule has 23 heavy (non-hydrogen) atoms. The molecule has 3 rings (SSSR count). The second kappa shape index (κ2) is 5.96. The maximum Gasteiger partial charge on any atom is 0.240 e. The summed E-state index contributed by atoms with van der Waals surface area (Å²) in [4.78, 5) is -0.0234. The first-order valence-corrected chi connectivity index (χ1v) is 8.43. The zero-order chi connectivity index (χ0) is 16.4. The normalized spacial score (nSPS) is 11.6. The minimum absolute atomic E-state index is 0.0234. The lowest BCUT2D eigenvalue weighted by Gasteiger charge is -2.11. The first-order valence-electron chi connectivity index (χ1n) is 6.88. The van der Waals surface area contributed by atoms with E-state index in [0.717, 1.165) is 5.56 Å². The van der Waals surface area contributed by atoms with Crippen LogP contribution in [0.2, 0.25) is 0 Å². The number of benzene rings is 2. The number of nitrogens with two attached hydrogens (primary N) is 1. The molecule has 1 heterocycles. The van der Waals surface area contributed by atoms with Gasteiger partial charge in [0.2, 0.25) is 10.0 Å². The van der Waals surface area contributed by atoms with E-state index in [1.54, 1.807) is 24.3 Å². The van der Waals surface area contributed by atoms with E-state index in [2.05, 4.69) is 5.10 Å². The second-order valence-electron chi connectivity index (χ2n) is 4.97. The molecular formula is C16H15N3O3S. The van der Waals surface area contributed by atoms with Crippen LogP contribution < -0.4 is 5.14 Å². The van der Waals surface area contributed by atoms with Crippen molar-refractivity contribution >= 4 is 10.0 Å². The van der Waals surface area contributed by atoms with Gasteiger partial charge in [0.25, 0.3) is 0 Å². The van der Waals surface area contributed by atoms with Crippen LogP contribution in [0.25, 0.3) is 16.9 Å². The Morgan fingerprint density at radius 3 is 2.35 bits per heavy atom. The van der Waals surface area contributed by atoms with Crippen LogP contribution in [0.15, 0.2) is 65.6 Å². The molecule has 0 unspecified atom stereocenters. The van der Waals surface area contributed by atoms with Gasteiger partial charge in [-0.3, -0.25) is 0 Å². The number of para-hydroxylation sites is 1. The first kappa shape index (κ1) is 15.4. The van der Waals surface area contributed by atoms with Gasteiger partial charge in [-0.1, -0.05) is 42.5 Å². The first-order chi connectivity index (χ1) is 11.0. The molecule has 0 spiro atoms. The van der Waals surface area contributed by atoms with Crippen molar-refractivity contribution in [2.75, 3.05) is 0 Å². The molecule has 0 saturated heterocycles. The summed E-state index contributed by atoms with van der Waals surface area (Å²) in [7, 11) is -3.90. The van der Waals surface area contributed by atoms with Gasteiger partial charge in [-0.2, -0.15) is 5.10 Å². The van der Waals surface area contributed by atoms with E-state index in [9.17, 15) is 13.5 Å². The number of nitrogens with zero attached hydrogens (tertiary/aromatic N) is 2. The van der Waals surface area contributed by atoms with Gasteiger partial charge in [0, 0.05) is 5.56 Å². The van der Waals surface area contributed by atoms with Crippen LogP contribution in [0.1, 0.15) is 5.69 Å². The highest BCUT2D eigenvalue weighted by Gasteiger charge is 2.19. The van der Waals surface area contributed by atoms with E-state index in [1.165, 1.54) is 10.7 Å². The van der Waals surface area contributed by atoms with E-state index < -0.39 is 10.0 Å². The van der Waals surface area contributed by atoms with E-state index in [0.29, 0.717) is 17.1 Å². The molecule has 1 aromatic heterocycles. The highest BCUT2D eigenvalue weighted by Crippen LogP contribution is 2.27. The van der Waals surface area contributed by atoms with E-state index >= 15 is 0 Å². The highest BCUT2D eigenvalue weighted by atomic mass is 32.2. The summed E-state index contributed by atoms with van der Waals surface area (Å²) in [6.45, 7) is -0.246. The van der Waals surface area contributed by atoms with Gasteiger partial charge >= 0.3 is 0 Å². The summed E-state index contributed by atoms with van der Waals surface area (Å²) in [6.07, 6.45) is 0. The Morgan fingerprint density at radius 1 is 1.04 bits per heavy atom. The molecule has 0 fully saturated rings. The molecule has 0 atom stereocenters. The van der Waals surface area contributed by atoms with Crippen LogP contribution in [0.4, 0.5) is 0 Å². The molecular weight excluding hydrogens is 314 g/mol. The number of rotatable bonds is 4. The van der Waals surface area contributed by atoms with Crippen molar-refractivity contribution in [1.82, 2.24) is 9.78 Å². The summed E-state index contributed by atoms with van der Waals surface area (Å²) in [6, 6.07) is 17.5. The summed E-state index contributed by atoms with van der Waals surface area (Å²) in [5.41, 5.74) is 2.30.